The highest BCUT2D eigenvalue weighted by molar-refractivity contribution is 5.81. The standard InChI is InChI=1S/C10H22N4/c1-10(2,3)14-6-4-5-11-9-12-7-8-13-9/h14H,4-8H2,1-3H3,(H2,11,12,13). The summed E-state index contributed by atoms with van der Waals surface area (Å²) in [5, 5.41) is 9.90. The van der Waals surface area contributed by atoms with Crippen LogP contribution in [-0.4, -0.2) is 37.7 Å². The monoisotopic (exact) mass is 198 g/mol. The Hall–Kier alpha value is -0.770. The van der Waals surface area contributed by atoms with Gasteiger partial charge in [0.05, 0.1) is 6.54 Å². The molecule has 0 amide bonds. The number of nitrogens with one attached hydrogen (secondary N) is 3. The van der Waals surface area contributed by atoms with Gasteiger partial charge in [0.1, 0.15) is 0 Å². The van der Waals surface area contributed by atoms with Gasteiger partial charge in [0.25, 0.3) is 0 Å². The fourth-order valence-corrected chi connectivity index (χ4v) is 1.27. The molecule has 4 heteroatoms. The van der Waals surface area contributed by atoms with Gasteiger partial charge in [-0.05, 0) is 33.7 Å². The van der Waals surface area contributed by atoms with E-state index in [9.17, 15) is 0 Å². The lowest BCUT2D eigenvalue weighted by atomic mass is 10.1. The minimum absolute atomic E-state index is 0.225. The normalized spacial score (nSPS) is 16.4. The summed E-state index contributed by atoms with van der Waals surface area (Å²) in [7, 11) is 0. The first-order valence-corrected chi connectivity index (χ1v) is 5.35. The summed E-state index contributed by atoms with van der Waals surface area (Å²) in [6, 6.07) is 0. The van der Waals surface area contributed by atoms with Gasteiger partial charge < -0.3 is 16.0 Å². The molecular formula is C10H22N4. The van der Waals surface area contributed by atoms with Crippen molar-refractivity contribution >= 4 is 5.96 Å². The second-order valence-electron chi connectivity index (χ2n) is 4.61. The molecule has 0 unspecified atom stereocenters. The Morgan fingerprint density at radius 3 is 2.71 bits per heavy atom. The molecule has 4 nitrogen and oxygen atoms in total. The van der Waals surface area contributed by atoms with Gasteiger partial charge in [-0.3, -0.25) is 4.99 Å². The van der Waals surface area contributed by atoms with E-state index in [-0.39, 0.29) is 5.54 Å². The van der Waals surface area contributed by atoms with Crippen molar-refractivity contribution in [2.24, 2.45) is 4.99 Å². The Bertz CT molecular complexity index is 193. The molecule has 0 radical (unpaired) electrons. The molecule has 0 aromatic heterocycles. The fraction of sp³-hybridized carbons (Fsp3) is 0.900. The summed E-state index contributed by atoms with van der Waals surface area (Å²) in [6.45, 7) is 10.5. The van der Waals surface area contributed by atoms with Crippen LogP contribution in [0.25, 0.3) is 0 Å². The minimum Gasteiger partial charge on any atom is -0.356 e. The average Bonchev–Trinajstić information content (AvgIpc) is 2.54. The maximum Gasteiger partial charge on any atom is 0.191 e. The van der Waals surface area contributed by atoms with Crippen molar-refractivity contribution in [3.05, 3.63) is 0 Å². The van der Waals surface area contributed by atoms with Crippen LogP contribution < -0.4 is 16.0 Å². The number of nitrogens with zero attached hydrogens (tertiary/aromatic N) is 1. The van der Waals surface area contributed by atoms with Gasteiger partial charge >= 0.3 is 0 Å². The molecule has 0 aromatic rings. The van der Waals surface area contributed by atoms with Crippen molar-refractivity contribution in [3.63, 3.8) is 0 Å². The highest BCUT2D eigenvalue weighted by Crippen LogP contribution is 1.97. The van der Waals surface area contributed by atoms with Crippen LogP contribution >= 0.6 is 0 Å². The summed E-state index contributed by atoms with van der Waals surface area (Å²) >= 11 is 0. The largest absolute Gasteiger partial charge is 0.356 e. The van der Waals surface area contributed by atoms with Crippen LogP contribution in [0.4, 0.5) is 0 Å². The first kappa shape index (κ1) is 11.3. The van der Waals surface area contributed by atoms with Gasteiger partial charge in [0, 0.05) is 18.6 Å². The molecule has 0 fully saturated rings. The van der Waals surface area contributed by atoms with Gasteiger partial charge in [-0.2, -0.15) is 0 Å². The van der Waals surface area contributed by atoms with Crippen LogP contribution in [0.5, 0.6) is 0 Å². The molecule has 14 heavy (non-hydrogen) atoms. The Kier molecular flexibility index (Phi) is 4.20. The Balaban J connectivity index is 1.94. The van der Waals surface area contributed by atoms with Crippen molar-refractivity contribution < 1.29 is 0 Å². The van der Waals surface area contributed by atoms with Gasteiger partial charge in [-0.15, -0.1) is 0 Å². The number of guanidine groups is 1. The molecule has 0 saturated heterocycles. The van der Waals surface area contributed by atoms with Gasteiger partial charge in [-0.1, -0.05) is 0 Å². The lowest BCUT2D eigenvalue weighted by Crippen LogP contribution is -2.39. The van der Waals surface area contributed by atoms with Crippen molar-refractivity contribution in [2.75, 3.05) is 26.2 Å². The Morgan fingerprint density at radius 2 is 2.14 bits per heavy atom. The van der Waals surface area contributed by atoms with Gasteiger partial charge in [0.2, 0.25) is 0 Å². The molecule has 1 heterocycles. The maximum absolute atomic E-state index is 4.26. The molecule has 0 aromatic carbocycles. The molecule has 82 valence electrons. The molecular weight excluding hydrogens is 176 g/mol. The van der Waals surface area contributed by atoms with Gasteiger partial charge in [0.15, 0.2) is 5.96 Å². The highest BCUT2D eigenvalue weighted by atomic mass is 15.2. The zero-order valence-electron chi connectivity index (χ0n) is 9.48. The lowest BCUT2D eigenvalue weighted by molar-refractivity contribution is 0.422. The van der Waals surface area contributed by atoms with Crippen molar-refractivity contribution in [1.82, 2.24) is 16.0 Å². The number of hydrogen-bond acceptors (Lipinski definition) is 4. The van der Waals surface area contributed by atoms with E-state index in [1.54, 1.807) is 0 Å². The zero-order valence-corrected chi connectivity index (χ0v) is 9.48. The fourth-order valence-electron chi connectivity index (χ4n) is 1.27. The average molecular weight is 198 g/mol. The first-order valence-electron chi connectivity index (χ1n) is 5.35. The molecule has 0 saturated carbocycles. The Labute approximate surface area is 86.6 Å². The molecule has 1 rings (SSSR count). The van der Waals surface area contributed by atoms with Crippen LogP contribution in [0.15, 0.2) is 4.99 Å². The summed E-state index contributed by atoms with van der Waals surface area (Å²) in [6.07, 6.45) is 1.12. The third kappa shape index (κ3) is 5.07. The SMILES string of the molecule is CC(C)(C)NCCCNC1=NCCN1. The second-order valence-corrected chi connectivity index (χ2v) is 4.61. The predicted molar refractivity (Wildman–Crippen MR) is 60.7 cm³/mol. The molecule has 0 spiro atoms. The summed E-state index contributed by atoms with van der Waals surface area (Å²) in [4.78, 5) is 4.26. The van der Waals surface area contributed by atoms with E-state index in [0.29, 0.717) is 0 Å². The first-order chi connectivity index (χ1) is 6.58. The van der Waals surface area contributed by atoms with E-state index in [1.165, 1.54) is 0 Å². The van der Waals surface area contributed by atoms with E-state index in [2.05, 4.69) is 41.7 Å². The number of rotatable bonds is 4. The van der Waals surface area contributed by atoms with E-state index in [1.807, 2.05) is 0 Å². The Morgan fingerprint density at radius 1 is 1.36 bits per heavy atom. The van der Waals surface area contributed by atoms with Gasteiger partial charge in [-0.25, -0.2) is 0 Å². The maximum atomic E-state index is 4.26. The van der Waals surface area contributed by atoms with E-state index < -0.39 is 0 Å². The molecule has 1 aliphatic rings. The molecule has 0 atom stereocenters. The predicted octanol–water partition coefficient (Wildman–Crippen LogP) is 0.313. The van der Waals surface area contributed by atoms with E-state index in [4.69, 9.17) is 0 Å². The highest BCUT2D eigenvalue weighted by Gasteiger charge is 2.07. The topological polar surface area (TPSA) is 48.5 Å². The van der Waals surface area contributed by atoms with Crippen LogP contribution in [0.3, 0.4) is 0 Å². The smallest absolute Gasteiger partial charge is 0.191 e. The summed E-state index contributed by atoms with van der Waals surface area (Å²) < 4.78 is 0. The second kappa shape index (κ2) is 5.20. The van der Waals surface area contributed by atoms with Crippen LogP contribution in [-0.2, 0) is 0 Å². The van der Waals surface area contributed by atoms with Crippen molar-refractivity contribution in [3.8, 4) is 0 Å². The summed E-state index contributed by atoms with van der Waals surface area (Å²) in [5.74, 6) is 0.959. The van der Waals surface area contributed by atoms with E-state index >= 15 is 0 Å². The quantitative estimate of drug-likeness (QED) is 0.570. The minimum atomic E-state index is 0.225. The van der Waals surface area contributed by atoms with Crippen molar-refractivity contribution in [2.45, 2.75) is 32.7 Å². The molecule has 0 aliphatic carbocycles. The van der Waals surface area contributed by atoms with Crippen LogP contribution in [0.2, 0.25) is 0 Å². The zero-order chi connectivity index (χ0) is 10.4. The molecule has 0 bridgehead atoms. The lowest BCUT2D eigenvalue weighted by Gasteiger charge is -2.20. The third-order valence-corrected chi connectivity index (χ3v) is 1.98. The molecule has 1 aliphatic heterocycles. The number of aliphatic imine (C=N–C) groups is 1. The van der Waals surface area contributed by atoms with Crippen LogP contribution in [0.1, 0.15) is 27.2 Å². The molecule has 3 N–H and O–H groups in total. The summed E-state index contributed by atoms with van der Waals surface area (Å²) in [5.41, 5.74) is 0.225. The van der Waals surface area contributed by atoms with Crippen molar-refractivity contribution in [1.29, 1.82) is 0 Å². The van der Waals surface area contributed by atoms with Crippen LogP contribution in [0, 0.1) is 0 Å². The van der Waals surface area contributed by atoms with E-state index in [0.717, 1.165) is 38.6 Å². The number of hydrogen-bond donors (Lipinski definition) is 3. The third-order valence-electron chi connectivity index (χ3n) is 1.98.